The van der Waals surface area contributed by atoms with Crippen molar-refractivity contribution < 1.29 is 34.2 Å². The first-order valence-corrected chi connectivity index (χ1v) is 8.51. The molecule has 154 valence electrons. The normalized spacial score (nSPS) is 14.0. The van der Waals surface area contributed by atoms with Crippen LogP contribution in [0.4, 0.5) is 0 Å². The van der Waals surface area contributed by atoms with Gasteiger partial charge in [0.1, 0.15) is 12.1 Å². The predicted octanol–water partition coefficient (Wildman–Crippen LogP) is -1.59. The third kappa shape index (κ3) is 10.8. The molecule has 0 aliphatic carbocycles. The van der Waals surface area contributed by atoms with E-state index >= 15 is 0 Å². The van der Waals surface area contributed by atoms with Gasteiger partial charge in [0.2, 0.25) is 17.7 Å². The molecule has 3 atom stereocenters. The van der Waals surface area contributed by atoms with E-state index in [1.165, 1.54) is 6.92 Å². The van der Waals surface area contributed by atoms with Gasteiger partial charge in [0.25, 0.3) is 0 Å². The molecule has 0 radical (unpaired) electrons. The number of hydrogen-bond acceptors (Lipinski definition) is 6. The topological polar surface area (TPSA) is 188 Å². The van der Waals surface area contributed by atoms with Crippen molar-refractivity contribution in [1.29, 1.82) is 0 Å². The van der Waals surface area contributed by atoms with Crippen LogP contribution in [0, 0.1) is 5.92 Å². The Morgan fingerprint density at radius 3 is 1.96 bits per heavy atom. The average Bonchev–Trinajstić information content (AvgIpc) is 2.54. The van der Waals surface area contributed by atoms with Crippen molar-refractivity contribution in [3.8, 4) is 0 Å². The minimum atomic E-state index is -1.19. The molecule has 0 fully saturated rings. The maximum Gasteiger partial charge on any atom is 0.326 e. The molecule has 0 saturated carbocycles. The molecular weight excluding hydrogens is 360 g/mol. The zero-order chi connectivity index (χ0) is 21.1. The van der Waals surface area contributed by atoms with Gasteiger partial charge in [-0.3, -0.25) is 19.2 Å². The molecule has 0 heterocycles. The van der Waals surface area contributed by atoms with Crippen LogP contribution in [0.3, 0.4) is 0 Å². The van der Waals surface area contributed by atoms with Gasteiger partial charge in [-0.1, -0.05) is 13.8 Å². The van der Waals surface area contributed by atoms with Crippen LogP contribution in [0.1, 0.15) is 40.0 Å². The van der Waals surface area contributed by atoms with Crippen molar-refractivity contribution in [3.63, 3.8) is 0 Å². The number of aliphatic carboxylic acids is 2. The van der Waals surface area contributed by atoms with E-state index in [9.17, 15) is 24.0 Å². The molecule has 0 spiro atoms. The molecule has 0 rings (SSSR count). The highest BCUT2D eigenvalue weighted by Gasteiger charge is 2.25. The largest absolute Gasteiger partial charge is 0.481 e. The highest BCUT2D eigenvalue weighted by Crippen LogP contribution is 2.04. The molecule has 7 N–H and O–H groups in total. The second-order valence-electron chi connectivity index (χ2n) is 6.59. The fraction of sp³-hybridized carbons (Fsp3) is 0.688. The van der Waals surface area contributed by atoms with Crippen molar-refractivity contribution >= 4 is 29.7 Å². The van der Waals surface area contributed by atoms with Crippen molar-refractivity contribution in [3.05, 3.63) is 0 Å². The van der Waals surface area contributed by atoms with E-state index in [-0.39, 0.29) is 25.2 Å². The molecule has 11 heteroatoms. The summed E-state index contributed by atoms with van der Waals surface area (Å²) < 4.78 is 0. The van der Waals surface area contributed by atoms with Crippen LogP contribution >= 0.6 is 0 Å². The van der Waals surface area contributed by atoms with E-state index in [4.69, 9.17) is 15.9 Å². The van der Waals surface area contributed by atoms with Crippen molar-refractivity contribution in [1.82, 2.24) is 16.0 Å². The van der Waals surface area contributed by atoms with E-state index in [1.807, 2.05) is 0 Å². The second kappa shape index (κ2) is 11.8. The zero-order valence-electron chi connectivity index (χ0n) is 15.7. The van der Waals surface area contributed by atoms with E-state index in [0.29, 0.717) is 0 Å². The Bertz CT molecular complexity index is 563. The molecule has 0 aliphatic heterocycles. The van der Waals surface area contributed by atoms with Gasteiger partial charge in [-0.25, -0.2) is 4.79 Å². The molecule has 0 saturated heterocycles. The summed E-state index contributed by atoms with van der Waals surface area (Å²) in [6.07, 6.45) is -0.341. The quantitative estimate of drug-likeness (QED) is 0.231. The van der Waals surface area contributed by atoms with Crippen LogP contribution in [0.5, 0.6) is 0 Å². The molecule has 11 nitrogen and oxygen atoms in total. The first kappa shape index (κ1) is 24.3. The molecule has 0 aromatic heterocycles. The highest BCUT2D eigenvalue weighted by atomic mass is 16.4. The Morgan fingerprint density at radius 2 is 1.52 bits per heavy atom. The summed E-state index contributed by atoms with van der Waals surface area (Å²) in [5.74, 6) is -4.43. The average molecular weight is 388 g/mol. The smallest absolute Gasteiger partial charge is 0.326 e. The van der Waals surface area contributed by atoms with Crippen LogP contribution in [0.25, 0.3) is 0 Å². The first-order valence-electron chi connectivity index (χ1n) is 8.51. The third-order valence-electron chi connectivity index (χ3n) is 3.46. The van der Waals surface area contributed by atoms with Crippen LogP contribution in [-0.4, -0.2) is 64.5 Å². The number of amides is 3. The second-order valence-corrected chi connectivity index (χ2v) is 6.59. The number of carboxylic acid groups (broad SMARTS) is 2. The standard InChI is InChI=1S/C16H28N4O7/c1-8(2)6-11(16(26)27)19-12(21)7-18-15(25)10(4-5-13(22)23)20-14(24)9(3)17/h8-11H,4-7,17H2,1-3H3,(H,18,25)(H,19,21)(H,20,24)(H,22,23)(H,26,27). The van der Waals surface area contributed by atoms with Gasteiger partial charge in [0, 0.05) is 6.42 Å². The van der Waals surface area contributed by atoms with Gasteiger partial charge in [-0.05, 0) is 25.7 Å². The fourth-order valence-corrected chi connectivity index (χ4v) is 2.07. The number of hydrogen-bond donors (Lipinski definition) is 6. The lowest BCUT2D eigenvalue weighted by Gasteiger charge is -2.20. The van der Waals surface area contributed by atoms with Crippen LogP contribution < -0.4 is 21.7 Å². The Hall–Kier alpha value is -2.69. The van der Waals surface area contributed by atoms with E-state index in [1.54, 1.807) is 13.8 Å². The lowest BCUT2D eigenvalue weighted by molar-refractivity contribution is -0.142. The molecule has 3 amide bonds. The van der Waals surface area contributed by atoms with Gasteiger partial charge in [0.15, 0.2) is 0 Å². The lowest BCUT2D eigenvalue weighted by atomic mass is 10.0. The molecular formula is C16H28N4O7. The van der Waals surface area contributed by atoms with E-state index in [0.717, 1.165) is 0 Å². The minimum absolute atomic E-state index is 0.0369. The first-order chi connectivity index (χ1) is 12.4. The minimum Gasteiger partial charge on any atom is -0.481 e. The Balaban J connectivity index is 4.76. The highest BCUT2D eigenvalue weighted by molar-refractivity contribution is 5.92. The van der Waals surface area contributed by atoms with Crippen molar-refractivity contribution in [2.45, 2.75) is 58.2 Å². The van der Waals surface area contributed by atoms with Crippen molar-refractivity contribution in [2.75, 3.05) is 6.54 Å². The summed E-state index contributed by atoms with van der Waals surface area (Å²) >= 11 is 0. The molecule has 27 heavy (non-hydrogen) atoms. The summed E-state index contributed by atoms with van der Waals surface area (Å²) in [6, 6.07) is -3.17. The summed E-state index contributed by atoms with van der Waals surface area (Å²) in [5, 5.41) is 24.7. The number of carbonyl (C=O) groups is 5. The molecule has 0 aliphatic rings. The lowest BCUT2D eigenvalue weighted by Crippen LogP contribution is -2.53. The number of rotatable bonds is 12. The van der Waals surface area contributed by atoms with Crippen molar-refractivity contribution in [2.24, 2.45) is 11.7 Å². The number of nitrogens with one attached hydrogen (secondary N) is 3. The Labute approximate surface area is 157 Å². The summed E-state index contributed by atoms with van der Waals surface area (Å²) in [5.41, 5.74) is 5.41. The number of nitrogens with two attached hydrogens (primary N) is 1. The molecule has 0 bridgehead atoms. The fourth-order valence-electron chi connectivity index (χ4n) is 2.07. The van der Waals surface area contributed by atoms with Gasteiger partial charge in [0.05, 0.1) is 12.6 Å². The predicted molar refractivity (Wildman–Crippen MR) is 94.5 cm³/mol. The van der Waals surface area contributed by atoms with Gasteiger partial charge >= 0.3 is 11.9 Å². The van der Waals surface area contributed by atoms with Crippen LogP contribution in [0.15, 0.2) is 0 Å². The third-order valence-corrected chi connectivity index (χ3v) is 3.46. The zero-order valence-corrected chi connectivity index (χ0v) is 15.7. The van der Waals surface area contributed by atoms with Gasteiger partial charge in [-0.15, -0.1) is 0 Å². The maximum atomic E-state index is 12.2. The maximum absolute atomic E-state index is 12.2. The summed E-state index contributed by atoms with van der Waals surface area (Å²) in [7, 11) is 0. The monoisotopic (exact) mass is 388 g/mol. The summed E-state index contributed by atoms with van der Waals surface area (Å²) in [4.78, 5) is 57.5. The molecule has 3 unspecified atom stereocenters. The van der Waals surface area contributed by atoms with Gasteiger partial charge < -0.3 is 31.9 Å². The van der Waals surface area contributed by atoms with Crippen LogP contribution in [0.2, 0.25) is 0 Å². The SMILES string of the molecule is CC(C)CC(NC(=O)CNC(=O)C(CCC(=O)O)NC(=O)C(C)N)C(=O)O. The molecule has 0 aromatic carbocycles. The van der Waals surface area contributed by atoms with Gasteiger partial charge in [-0.2, -0.15) is 0 Å². The van der Waals surface area contributed by atoms with E-state index in [2.05, 4.69) is 16.0 Å². The van der Waals surface area contributed by atoms with Crippen LogP contribution in [-0.2, 0) is 24.0 Å². The van der Waals surface area contributed by atoms with E-state index < -0.39 is 54.3 Å². The molecule has 0 aromatic rings. The summed E-state index contributed by atoms with van der Waals surface area (Å²) in [6.45, 7) is 4.49. The Morgan fingerprint density at radius 1 is 0.926 bits per heavy atom. The number of carbonyl (C=O) groups excluding carboxylic acids is 3. The number of carboxylic acids is 2. The Kier molecular flexibility index (Phi) is 10.7.